The molecule has 0 aromatic heterocycles. The molecule has 0 saturated carbocycles. The van der Waals surface area contributed by atoms with E-state index < -0.39 is 23.6 Å². The highest BCUT2D eigenvalue weighted by Gasteiger charge is 2.34. The molecule has 0 radical (unpaired) electrons. The number of rotatable bonds is 3. The largest absolute Gasteiger partial charge is 0.416 e. The van der Waals surface area contributed by atoms with Crippen LogP contribution in [-0.4, -0.2) is 11.8 Å². The van der Waals surface area contributed by atoms with E-state index in [0.29, 0.717) is 12.0 Å². The molecule has 2 rings (SSSR count). The number of carbonyl (C=O) groups excluding carboxylic acids is 2. The quantitative estimate of drug-likeness (QED) is 0.869. The van der Waals surface area contributed by atoms with Crippen LogP contribution in [0.5, 0.6) is 0 Å². The molecule has 6 heteroatoms. The Hall–Kier alpha value is -1.85. The van der Waals surface area contributed by atoms with Gasteiger partial charge in [0.15, 0.2) is 0 Å². The van der Waals surface area contributed by atoms with E-state index in [0.717, 1.165) is 6.07 Å². The Kier molecular flexibility index (Phi) is 4.58. The zero-order chi connectivity index (χ0) is 16.5. The van der Waals surface area contributed by atoms with Crippen LogP contribution in [0.25, 0.3) is 0 Å². The van der Waals surface area contributed by atoms with E-state index in [-0.39, 0.29) is 30.2 Å². The Morgan fingerprint density at radius 2 is 1.95 bits per heavy atom. The summed E-state index contributed by atoms with van der Waals surface area (Å²) >= 11 is 0. The highest BCUT2D eigenvalue weighted by molar-refractivity contribution is 5.98. The van der Waals surface area contributed by atoms with Crippen LogP contribution in [-0.2, 0) is 22.2 Å². The van der Waals surface area contributed by atoms with Crippen LogP contribution in [0, 0.1) is 5.92 Å². The van der Waals surface area contributed by atoms with Gasteiger partial charge in [0.2, 0.25) is 11.8 Å². The molecule has 1 unspecified atom stereocenters. The van der Waals surface area contributed by atoms with Crippen molar-refractivity contribution >= 4 is 11.8 Å². The van der Waals surface area contributed by atoms with Crippen LogP contribution in [0.15, 0.2) is 18.2 Å². The molecule has 22 heavy (non-hydrogen) atoms. The van der Waals surface area contributed by atoms with Crippen molar-refractivity contribution in [1.82, 2.24) is 5.32 Å². The Bertz CT molecular complexity index is 594. The summed E-state index contributed by atoms with van der Waals surface area (Å²) in [5.74, 6) is -1.42. The first kappa shape index (κ1) is 16.5. The van der Waals surface area contributed by atoms with E-state index in [1.807, 2.05) is 0 Å². The number of amides is 2. The second kappa shape index (κ2) is 6.10. The van der Waals surface area contributed by atoms with Crippen LogP contribution in [0.2, 0.25) is 0 Å². The second-order valence-electron chi connectivity index (χ2n) is 5.93. The van der Waals surface area contributed by atoms with Crippen molar-refractivity contribution in [2.75, 3.05) is 0 Å². The fourth-order valence-corrected chi connectivity index (χ4v) is 2.70. The standard InChI is InChI=1S/C16H18F3NO2/c1-9(2)12-5-3-10(8-13(12)16(17,18)19)7-11-4-6-14(21)20-15(11)22/h3,5,8-9,11H,4,6-7H2,1-2H3,(H,20,21,22). The molecule has 3 nitrogen and oxygen atoms in total. The lowest BCUT2D eigenvalue weighted by Gasteiger charge is -2.22. The zero-order valence-electron chi connectivity index (χ0n) is 12.5. The summed E-state index contributed by atoms with van der Waals surface area (Å²) < 4.78 is 39.5. The minimum Gasteiger partial charge on any atom is -0.296 e. The summed E-state index contributed by atoms with van der Waals surface area (Å²) in [5.41, 5.74) is 0.0676. The Labute approximate surface area is 126 Å². The molecule has 1 aromatic carbocycles. The number of alkyl halides is 3. The van der Waals surface area contributed by atoms with E-state index in [1.165, 1.54) is 6.07 Å². The van der Waals surface area contributed by atoms with Crippen molar-refractivity contribution in [2.24, 2.45) is 5.92 Å². The van der Waals surface area contributed by atoms with E-state index >= 15 is 0 Å². The molecule has 1 heterocycles. The number of hydrogen-bond acceptors (Lipinski definition) is 2. The SMILES string of the molecule is CC(C)c1ccc(CC2CCC(=O)NC2=O)cc1C(F)(F)F. The van der Waals surface area contributed by atoms with Gasteiger partial charge in [0.05, 0.1) is 5.56 Å². The Morgan fingerprint density at radius 3 is 2.50 bits per heavy atom. The average Bonchev–Trinajstić information content (AvgIpc) is 2.40. The maximum absolute atomic E-state index is 13.2. The van der Waals surface area contributed by atoms with Crippen molar-refractivity contribution in [3.8, 4) is 0 Å². The van der Waals surface area contributed by atoms with Gasteiger partial charge in [0, 0.05) is 12.3 Å². The predicted molar refractivity (Wildman–Crippen MR) is 75.1 cm³/mol. The summed E-state index contributed by atoms with van der Waals surface area (Å²) in [6.07, 6.45) is -3.61. The number of benzene rings is 1. The Balaban J connectivity index is 2.26. The summed E-state index contributed by atoms with van der Waals surface area (Å²) in [4.78, 5) is 22.8. The molecule has 1 fully saturated rings. The van der Waals surface area contributed by atoms with E-state index in [1.54, 1.807) is 19.9 Å². The molecule has 1 N–H and O–H groups in total. The van der Waals surface area contributed by atoms with Crippen LogP contribution in [0.1, 0.15) is 49.3 Å². The number of piperidine rings is 1. The van der Waals surface area contributed by atoms with Crippen LogP contribution >= 0.6 is 0 Å². The van der Waals surface area contributed by atoms with Gasteiger partial charge in [-0.25, -0.2) is 0 Å². The number of halogens is 3. The van der Waals surface area contributed by atoms with Gasteiger partial charge in [-0.15, -0.1) is 0 Å². The summed E-state index contributed by atoms with van der Waals surface area (Å²) in [6.45, 7) is 3.43. The van der Waals surface area contributed by atoms with E-state index in [9.17, 15) is 22.8 Å². The maximum atomic E-state index is 13.2. The predicted octanol–water partition coefficient (Wildman–Crippen LogP) is 3.42. The molecule has 0 bridgehead atoms. The Morgan fingerprint density at radius 1 is 1.27 bits per heavy atom. The lowest BCUT2D eigenvalue weighted by atomic mass is 9.88. The fraction of sp³-hybridized carbons (Fsp3) is 0.500. The molecule has 1 aliphatic heterocycles. The van der Waals surface area contributed by atoms with Crippen molar-refractivity contribution in [3.63, 3.8) is 0 Å². The highest BCUT2D eigenvalue weighted by atomic mass is 19.4. The van der Waals surface area contributed by atoms with Gasteiger partial charge in [-0.05, 0) is 36.0 Å². The second-order valence-corrected chi connectivity index (χ2v) is 5.93. The van der Waals surface area contributed by atoms with Gasteiger partial charge in [-0.3, -0.25) is 14.9 Å². The van der Waals surface area contributed by atoms with Gasteiger partial charge in [0.1, 0.15) is 0 Å². The molecule has 1 saturated heterocycles. The van der Waals surface area contributed by atoms with Crippen molar-refractivity contribution in [3.05, 3.63) is 34.9 Å². The number of hydrogen-bond donors (Lipinski definition) is 1. The maximum Gasteiger partial charge on any atom is 0.416 e. The van der Waals surface area contributed by atoms with Crippen LogP contribution in [0.3, 0.4) is 0 Å². The normalized spacial score (nSPS) is 19.5. The summed E-state index contributed by atoms with van der Waals surface area (Å²) in [6, 6.07) is 4.24. The van der Waals surface area contributed by atoms with Gasteiger partial charge < -0.3 is 0 Å². The molecule has 0 aliphatic carbocycles. The number of nitrogens with one attached hydrogen (secondary N) is 1. The molecule has 120 valence electrons. The molecule has 1 atom stereocenters. The van der Waals surface area contributed by atoms with Gasteiger partial charge >= 0.3 is 6.18 Å². The van der Waals surface area contributed by atoms with Crippen molar-refractivity contribution < 1.29 is 22.8 Å². The van der Waals surface area contributed by atoms with Gasteiger partial charge in [-0.2, -0.15) is 13.2 Å². The molecular formula is C16H18F3NO2. The first-order chi connectivity index (χ1) is 10.2. The van der Waals surface area contributed by atoms with Crippen LogP contribution in [0.4, 0.5) is 13.2 Å². The zero-order valence-corrected chi connectivity index (χ0v) is 12.5. The number of imide groups is 1. The van der Waals surface area contributed by atoms with Crippen LogP contribution < -0.4 is 5.32 Å². The number of carbonyl (C=O) groups is 2. The third-order valence-electron chi connectivity index (χ3n) is 3.88. The monoisotopic (exact) mass is 313 g/mol. The smallest absolute Gasteiger partial charge is 0.296 e. The van der Waals surface area contributed by atoms with Crippen molar-refractivity contribution in [2.45, 2.75) is 45.2 Å². The molecule has 0 spiro atoms. The molecular weight excluding hydrogens is 295 g/mol. The first-order valence-corrected chi connectivity index (χ1v) is 7.22. The van der Waals surface area contributed by atoms with E-state index in [2.05, 4.69) is 5.32 Å². The minimum absolute atomic E-state index is 0.209. The van der Waals surface area contributed by atoms with Gasteiger partial charge in [-0.1, -0.05) is 26.0 Å². The summed E-state index contributed by atoms with van der Waals surface area (Å²) in [5, 5.41) is 2.22. The van der Waals surface area contributed by atoms with E-state index in [4.69, 9.17) is 0 Å². The third kappa shape index (κ3) is 3.67. The highest BCUT2D eigenvalue weighted by Crippen LogP contribution is 2.36. The molecule has 1 aromatic rings. The van der Waals surface area contributed by atoms with Crippen molar-refractivity contribution in [1.29, 1.82) is 0 Å². The average molecular weight is 313 g/mol. The third-order valence-corrected chi connectivity index (χ3v) is 3.88. The minimum atomic E-state index is -4.42. The fourth-order valence-electron chi connectivity index (χ4n) is 2.70. The lowest BCUT2D eigenvalue weighted by Crippen LogP contribution is -2.41. The molecule has 2 amide bonds. The summed E-state index contributed by atoms with van der Waals surface area (Å²) in [7, 11) is 0. The topological polar surface area (TPSA) is 46.2 Å². The molecule has 1 aliphatic rings. The van der Waals surface area contributed by atoms with Gasteiger partial charge in [0.25, 0.3) is 0 Å². The lowest BCUT2D eigenvalue weighted by molar-refractivity contribution is -0.138. The first-order valence-electron chi connectivity index (χ1n) is 7.22.